The van der Waals surface area contributed by atoms with Crippen LogP contribution in [0.3, 0.4) is 0 Å². The van der Waals surface area contributed by atoms with Crippen molar-refractivity contribution in [3.05, 3.63) is 58.2 Å². The second-order valence-electron chi connectivity index (χ2n) is 6.30. The summed E-state index contributed by atoms with van der Waals surface area (Å²) in [4.78, 5) is 18.6. The van der Waals surface area contributed by atoms with Gasteiger partial charge in [0, 0.05) is 16.1 Å². The third kappa shape index (κ3) is 2.99. The fourth-order valence-corrected chi connectivity index (χ4v) is 4.19. The number of hydrogen-bond donors (Lipinski definition) is 1. The molecule has 3 aromatic rings. The molecule has 1 N–H and O–H groups in total. The van der Waals surface area contributed by atoms with E-state index in [1.807, 2.05) is 24.3 Å². The molecule has 24 heavy (non-hydrogen) atoms. The Hall–Kier alpha value is -2.40. The van der Waals surface area contributed by atoms with E-state index >= 15 is 0 Å². The van der Waals surface area contributed by atoms with Gasteiger partial charge in [-0.15, -0.1) is 11.3 Å². The zero-order valence-electron chi connectivity index (χ0n) is 13.4. The maximum atomic E-state index is 12.5. The van der Waals surface area contributed by atoms with Crippen LogP contribution in [0, 0.1) is 5.92 Å². The van der Waals surface area contributed by atoms with Crippen molar-refractivity contribution in [2.75, 3.05) is 5.32 Å². The number of thiophene rings is 1. The highest BCUT2D eigenvalue weighted by Crippen LogP contribution is 2.32. The third-order valence-electron chi connectivity index (χ3n) is 4.41. The van der Waals surface area contributed by atoms with E-state index in [0.29, 0.717) is 11.7 Å². The van der Waals surface area contributed by atoms with E-state index in [1.54, 1.807) is 17.5 Å². The Balaban J connectivity index is 1.48. The van der Waals surface area contributed by atoms with E-state index in [9.17, 15) is 4.79 Å². The summed E-state index contributed by atoms with van der Waals surface area (Å²) in [6.45, 7) is 2.27. The molecule has 1 aliphatic carbocycles. The Labute approximate surface area is 144 Å². The average molecular weight is 338 g/mol. The highest BCUT2D eigenvalue weighted by molar-refractivity contribution is 7.14. The Kier molecular flexibility index (Phi) is 3.94. The van der Waals surface area contributed by atoms with Gasteiger partial charge in [-0.25, -0.2) is 4.98 Å². The van der Waals surface area contributed by atoms with E-state index < -0.39 is 0 Å². The number of carbonyl (C=O) groups is 1. The minimum Gasteiger partial charge on any atom is -0.444 e. The van der Waals surface area contributed by atoms with E-state index in [2.05, 4.69) is 23.3 Å². The summed E-state index contributed by atoms with van der Waals surface area (Å²) in [6.07, 6.45) is 6.48. The van der Waals surface area contributed by atoms with Crippen LogP contribution in [-0.4, -0.2) is 10.9 Å². The molecule has 0 bridgehead atoms. The predicted octanol–water partition coefficient (Wildman–Crippen LogP) is 4.78. The average Bonchev–Trinajstić information content (AvgIpc) is 3.24. The molecule has 1 atom stereocenters. The molecule has 4 rings (SSSR count). The summed E-state index contributed by atoms with van der Waals surface area (Å²) in [5, 5.41) is 2.98. The van der Waals surface area contributed by atoms with Crippen molar-refractivity contribution in [1.82, 2.24) is 4.98 Å². The standard InChI is InChI=1S/C19H18N2O2S/c1-12-2-7-17-14(8-12)9-18(24-17)19(22)21-15-5-3-13(4-6-15)16-10-20-11-23-16/h3-6,9-12H,2,7-8H2,1H3,(H,21,22). The second kappa shape index (κ2) is 6.24. The van der Waals surface area contributed by atoms with Gasteiger partial charge in [0.05, 0.1) is 11.1 Å². The summed E-state index contributed by atoms with van der Waals surface area (Å²) >= 11 is 1.63. The quantitative estimate of drug-likeness (QED) is 0.747. The maximum absolute atomic E-state index is 12.5. The monoisotopic (exact) mass is 338 g/mol. The minimum absolute atomic E-state index is 0.0329. The first-order chi connectivity index (χ1) is 11.7. The molecular weight excluding hydrogens is 320 g/mol. The molecule has 0 fully saturated rings. The lowest BCUT2D eigenvalue weighted by atomic mass is 9.90. The Morgan fingerprint density at radius 2 is 2.17 bits per heavy atom. The van der Waals surface area contributed by atoms with Crippen LogP contribution in [0.25, 0.3) is 11.3 Å². The van der Waals surface area contributed by atoms with Gasteiger partial charge in [-0.2, -0.15) is 0 Å². The number of amides is 1. The first kappa shape index (κ1) is 15.1. The van der Waals surface area contributed by atoms with Crippen molar-refractivity contribution < 1.29 is 9.21 Å². The number of anilines is 1. The SMILES string of the molecule is CC1CCc2sc(C(=O)Nc3ccc(-c4cnco4)cc3)cc2C1. The summed E-state index contributed by atoms with van der Waals surface area (Å²) in [5.74, 6) is 1.40. The van der Waals surface area contributed by atoms with Gasteiger partial charge < -0.3 is 9.73 Å². The lowest BCUT2D eigenvalue weighted by Gasteiger charge is -2.16. The molecule has 122 valence electrons. The molecule has 5 heteroatoms. The van der Waals surface area contributed by atoms with Gasteiger partial charge in [-0.3, -0.25) is 4.79 Å². The molecule has 0 aliphatic heterocycles. The van der Waals surface area contributed by atoms with E-state index in [1.165, 1.54) is 23.3 Å². The molecule has 0 spiro atoms. The summed E-state index contributed by atoms with van der Waals surface area (Å²) in [7, 11) is 0. The van der Waals surface area contributed by atoms with Crippen LogP contribution in [0.1, 0.15) is 33.5 Å². The summed E-state index contributed by atoms with van der Waals surface area (Å²) < 4.78 is 5.27. The largest absolute Gasteiger partial charge is 0.444 e. The highest BCUT2D eigenvalue weighted by atomic mass is 32.1. The fourth-order valence-electron chi connectivity index (χ4n) is 3.09. The topological polar surface area (TPSA) is 55.1 Å². The third-order valence-corrected chi connectivity index (χ3v) is 5.65. The van der Waals surface area contributed by atoms with E-state index in [-0.39, 0.29) is 5.91 Å². The number of fused-ring (bicyclic) bond motifs is 1. The predicted molar refractivity (Wildman–Crippen MR) is 95.4 cm³/mol. The van der Waals surface area contributed by atoms with Crippen LogP contribution in [0.2, 0.25) is 0 Å². The highest BCUT2D eigenvalue weighted by Gasteiger charge is 2.20. The van der Waals surface area contributed by atoms with Crippen molar-refractivity contribution in [1.29, 1.82) is 0 Å². The van der Waals surface area contributed by atoms with Crippen LogP contribution < -0.4 is 5.32 Å². The van der Waals surface area contributed by atoms with Crippen LogP contribution in [0.4, 0.5) is 5.69 Å². The molecule has 0 radical (unpaired) electrons. The van der Waals surface area contributed by atoms with E-state index in [0.717, 1.165) is 29.0 Å². The lowest BCUT2D eigenvalue weighted by molar-refractivity contribution is 0.103. The number of rotatable bonds is 3. The Bertz CT molecular complexity index is 850. The summed E-state index contributed by atoms with van der Waals surface area (Å²) in [6, 6.07) is 9.65. The van der Waals surface area contributed by atoms with Crippen molar-refractivity contribution in [3.63, 3.8) is 0 Å². The number of oxazole rings is 1. The summed E-state index contributed by atoms with van der Waals surface area (Å²) in [5.41, 5.74) is 3.07. The molecular formula is C19H18N2O2S. The van der Waals surface area contributed by atoms with Crippen molar-refractivity contribution in [3.8, 4) is 11.3 Å². The number of aryl methyl sites for hydroxylation is 1. The van der Waals surface area contributed by atoms with Crippen molar-refractivity contribution in [2.24, 2.45) is 5.92 Å². The Morgan fingerprint density at radius 3 is 2.92 bits per heavy atom. The van der Waals surface area contributed by atoms with Gasteiger partial charge in [0.2, 0.25) is 0 Å². The number of aromatic nitrogens is 1. The van der Waals surface area contributed by atoms with Crippen LogP contribution in [-0.2, 0) is 12.8 Å². The smallest absolute Gasteiger partial charge is 0.265 e. The number of carbonyl (C=O) groups excluding carboxylic acids is 1. The normalized spacial score (nSPS) is 16.6. The first-order valence-corrected chi connectivity index (χ1v) is 8.92. The molecule has 1 aromatic carbocycles. The lowest BCUT2D eigenvalue weighted by Crippen LogP contribution is -2.10. The Morgan fingerprint density at radius 1 is 1.33 bits per heavy atom. The number of hydrogen-bond acceptors (Lipinski definition) is 4. The first-order valence-electron chi connectivity index (χ1n) is 8.11. The van der Waals surface area contributed by atoms with Crippen molar-refractivity contribution >= 4 is 22.9 Å². The number of nitrogens with zero attached hydrogens (tertiary/aromatic N) is 1. The van der Waals surface area contributed by atoms with Crippen LogP contribution in [0.15, 0.2) is 47.3 Å². The van der Waals surface area contributed by atoms with Crippen LogP contribution >= 0.6 is 11.3 Å². The zero-order chi connectivity index (χ0) is 16.5. The number of benzene rings is 1. The molecule has 1 amide bonds. The molecule has 1 unspecified atom stereocenters. The molecule has 0 saturated heterocycles. The van der Waals surface area contributed by atoms with Gasteiger partial charge in [0.25, 0.3) is 5.91 Å². The molecule has 1 aliphatic rings. The molecule has 0 saturated carbocycles. The molecule has 2 heterocycles. The van der Waals surface area contributed by atoms with Crippen LogP contribution in [0.5, 0.6) is 0 Å². The molecule has 4 nitrogen and oxygen atoms in total. The fraction of sp³-hybridized carbons (Fsp3) is 0.263. The molecule has 2 aromatic heterocycles. The maximum Gasteiger partial charge on any atom is 0.265 e. The zero-order valence-corrected chi connectivity index (χ0v) is 14.2. The minimum atomic E-state index is -0.0329. The number of nitrogens with one attached hydrogen (secondary N) is 1. The van der Waals surface area contributed by atoms with Gasteiger partial charge in [-0.1, -0.05) is 6.92 Å². The van der Waals surface area contributed by atoms with Gasteiger partial charge in [-0.05, 0) is 61.1 Å². The van der Waals surface area contributed by atoms with Gasteiger partial charge >= 0.3 is 0 Å². The van der Waals surface area contributed by atoms with Crippen molar-refractivity contribution in [2.45, 2.75) is 26.2 Å². The van der Waals surface area contributed by atoms with Gasteiger partial charge in [0.1, 0.15) is 0 Å². The van der Waals surface area contributed by atoms with E-state index in [4.69, 9.17) is 4.42 Å². The second-order valence-corrected chi connectivity index (χ2v) is 7.44. The van der Waals surface area contributed by atoms with Gasteiger partial charge in [0.15, 0.2) is 12.2 Å².